The van der Waals surface area contributed by atoms with Crippen molar-refractivity contribution in [1.82, 2.24) is 9.71 Å². The number of amides is 1. The number of rotatable bonds is 4. The van der Waals surface area contributed by atoms with Gasteiger partial charge in [-0.1, -0.05) is 29.8 Å². The molecular weight excluding hydrogens is 324 g/mol. The first-order chi connectivity index (χ1) is 10.3. The fourth-order valence-corrected chi connectivity index (χ4v) is 3.28. The predicted molar refractivity (Wildman–Crippen MR) is 84.2 cm³/mol. The van der Waals surface area contributed by atoms with E-state index in [4.69, 9.17) is 11.6 Å². The van der Waals surface area contributed by atoms with Crippen LogP contribution in [0.4, 0.5) is 0 Å². The molecule has 1 aromatic carbocycles. The van der Waals surface area contributed by atoms with Crippen LogP contribution in [0.2, 0.25) is 5.02 Å². The van der Waals surface area contributed by atoms with E-state index in [1.54, 1.807) is 0 Å². The minimum absolute atomic E-state index is 0.00820. The lowest BCUT2D eigenvalue weighted by Gasteiger charge is -2.10. The van der Waals surface area contributed by atoms with Crippen molar-refractivity contribution in [2.45, 2.75) is 25.2 Å². The van der Waals surface area contributed by atoms with Gasteiger partial charge in [0.2, 0.25) is 5.91 Å². The number of pyridine rings is 1. The summed E-state index contributed by atoms with van der Waals surface area (Å²) in [5, 5.41) is 0.185. The second-order valence-electron chi connectivity index (χ2n) is 4.91. The highest BCUT2D eigenvalue weighted by atomic mass is 35.5. The topological polar surface area (TPSA) is 76.1 Å². The Bertz CT molecular complexity index is 799. The minimum atomic E-state index is -3.97. The van der Waals surface area contributed by atoms with Crippen LogP contribution in [0.5, 0.6) is 0 Å². The Morgan fingerprint density at radius 2 is 1.86 bits per heavy atom. The van der Waals surface area contributed by atoms with Crippen LogP contribution >= 0.6 is 11.6 Å². The van der Waals surface area contributed by atoms with Crippen LogP contribution in [0.1, 0.15) is 16.7 Å². The molecule has 1 N–H and O–H groups in total. The van der Waals surface area contributed by atoms with Gasteiger partial charge in [0.15, 0.2) is 0 Å². The Morgan fingerprint density at radius 1 is 1.23 bits per heavy atom. The highest BCUT2D eigenvalue weighted by Crippen LogP contribution is 2.16. The van der Waals surface area contributed by atoms with Crippen LogP contribution in [0.15, 0.2) is 41.6 Å². The molecule has 1 heterocycles. The second kappa shape index (κ2) is 6.46. The zero-order chi connectivity index (χ0) is 16.3. The monoisotopic (exact) mass is 338 g/mol. The molecule has 0 aliphatic heterocycles. The van der Waals surface area contributed by atoms with Gasteiger partial charge in [0.05, 0.1) is 11.4 Å². The Balaban J connectivity index is 2.18. The Labute approximate surface area is 134 Å². The fraction of sp³-hybridized carbons (Fsp3) is 0.200. The van der Waals surface area contributed by atoms with E-state index in [2.05, 4.69) is 4.98 Å². The van der Waals surface area contributed by atoms with Crippen molar-refractivity contribution in [2.75, 3.05) is 0 Å². The van der Waals surface area contributed by atoms with Gasteiger partial charge < -0.3 is 0 Å². The molecule has 2 rings (SSSR count). The van der Waals surface area contributed by atoms with Gasteiger partial charge in [-0.2, -0.15) is 0 Å². The van der Waals surface area contributed by atoms with Gasteiger partial charge in [-0.15, -0.1) is 0 Å². The number of nitrogens with zero attached hydrogens (tertiary/aromatic N) is 1. The molecule has 0 bridgehead atoms. The van der Waals surface area contributed by atoms with Gasteiger partial charge in [-0.3, -0.25) is 9.78 Å². The number of halogens is 1. The molecule has 0 saturated carbocycles. The van der Waals surface area contributed by atoms with Crippen molar-refractivity contribution in [3.05, 3.63) is 58.4 Å². The summed E-state index contributed by atoms with van der Waals surface area (Å²) in [5.41, 5.74) is 2.70. The number of benzene rings is 1. The molecule has 0 saturated heterocycles. The lowest BCUT2D eigenvalue weighted by atomic mass is 10.0. The number of aryl methyl sites for hydroxylation is 2. The van der Waals surface area contributed by atoms with Crippen LogP contribution in [0, 0.1) is 13.8 Å². The second-order valence-corrected chi connectivity index (χ2v) is 7.03. The number of hydrogen-bond acceptors (Lipinski definition) is 4. The van der Waals surface area contributed by atoms with Crippen LogP contribution in [-0.4, -0.2) is 19.3 Å². The fourth-order valence-electron chi connectivity index (χ4n) is 2.07. The molecule has 22 heavy (non-hydrogen) atoms. The predicted octanol–water partition coefficient (Wildman–Crippen LogP) is 2.40. The van der Waals surface area contributed by atoms with Crippen LogP contribution in [-0.2, 0) is 21.2 Å². The molecule has 0 aliphatic rings. The third kappa shape index (κ3) is 3.84. The molecule has 0 atom stereocenters. The highest BCUT2D eigenvalue weighted by molar-refractivity contribution is 7.90. The Hall–Kier alpha value is -1.92. The van der Waals surface area contributed by atoms with Gasteiger partial charge in [-0.25, -0.2) is 13.1 Å². The van der Waals surface area contributed by atoms with Crippen LogP contribution in [0.25, 0.3) is 0 Å². The Morgan fingerprint density at radius 3 is 2.45 bits per heavy atom. The summed E-state index contributed by atoms with van der Waals surface area (Å²) in [4.78, 5) is 15.6. The average Bonchev–Trinajstić information content (AvgIpc) is 2.42. The number of hydrogen-bond donors (Lipinski definition) is 1. The molecule has 1 amide bonds. The van der Waals surface area contributed by atoms with Gasteiger partial charge >= 0.3 is 0 Å². The van der Waals surface area contributed by atoms with Crippen molar-refractivity contribution < 1.29 is 13.2 Å². The third-order valence-corrected chi connectivity index (χ3v) is 4.77. The van der Waals surface area contributed by atoms with E-state index in [0.717, 1.165) is 22.9 Å². The van der Waals surface area contributed by atoms with Gasteiger partial charge in [0.1, 0.15) is 4.90 Å². The maximum absolute atomic E-state index is 12.1. The summed E-state index contributed by atoms with van der Waals surface area (Å²) in [5.74, 6) is -0.600. The lowest BCUT2D eigenvalue weighted by molar-refractivity contribution is -0.118. The van der Waals surface area contributed by atoms with E-state index in [1.807, 2.05) is 36.8 Å². The quantitative estimate of drug-likeness (QED) is 0.928. The standard InChI is InChI=1S/C15H15ClN2O3S/c1-10-4-3-5-11(2)14(10)7-15(19)18-22(20,21)13-6-12(16)8-17-9-13/h3-6,8-9H,7H2,1-2H3,(H,18,19). The third-order valence-electron chi connectivity index (χ3n) is 3.22. The van der Waals surface area contributed by atoms with Crippen LogP contribution in [0.3, 0.4) is 0 Å². The number of nitrogens with one attached hydrogen (secondary N) is 1. The van der Waals surface area contributed by atoms with Gasteiger partial charge in [-0.05, 0) is 36.6 Å². The van der Waals surface area contributed by atoms with E-state index in [9.17, 15) is 13.2 Å². The number of sulfonamides is 1. The molecule has 2 aromatic rings. The maximum atomic E-state index is 12.1. The average molecular weight is 339 g/mol. The number of carbonyl (C=O) groups is 1. The molecule has 116 valence electrons. The van der Waals surface area contributed by atoms with Gasteiger partial charge in [0.25, 0.3) is 10.0 Å². The van der Waals surface area contributed by atoms with E-state index in [0.29, 0.717) is 0 Å². The zero-order valence-corrected chi connectivity index (χ0v) is 13.7. The van der Waals surface area contributed by atoms with Crippen LogP contribution < -0.4 is 4.72 Å². The molecule has 0 aliphatic carbocycles. The molecule has 5 nitrogen and oxygen atoms in total. The molecule has 0 unspecified atom stereocenters. The smallest absolute Gasteiger partial charge is 0.265 e. The zero-order valence-electron chi connectivity index (χ0n) is 12.1. The molecule has 0 radical (unpaired) electrons. The van der Waals surface area contributed by atoms with Crippen molar-refractivity contribution in [3.8, 4) is 0 Å². The minimum Gasteiger partial charge on any atom is -0.274 e. The van der Waals surface area contributed by atoms with Gasteiger partial charge in [0, 0.05) is 12.4 Å². The first-order valence-corrected chi connectivity index (χ1v) is 8.37. The molecule has 0 fully saturated rings. The van der Waals surface area contributed by atoms with E-state index in [-0.39, 0.29) is 16.3 Å². The summed E-state index contributed by atoms with van der Waals surface area (Å²) >= 11 is 5.72. The SMILES string of the molecule is Cc1cccc(C)c1CC(=O)NS(=O)(=O)c1cncc(Cl)c1. The summed E-state index contributed by atoms with van der Waals surface area (Å²) in [6.07, 6.45) is 2.45. The molecule has 1 aromatic heterocycles. The highest BCUT2D eigenvalue weighted by Gasteiger charge is 2.19. The van der Waals surface area contributed by atoms with E-state index < -0.39 is 15.9 Å². The molecule has 0 spiro atoms. The largest absolute Gasteiger partial charge is 0.274 e. The van der Waals surface area contributed by atoms with E-state index >= 15 is 0 Å². The van der Waals surface area contributed by atoms with Crippen molar-refractivity contribution in [1.29, 1.82) is 0 Å². The normalized spacial score (nSPS) is 11.2. The summed E-state index contributed by atoms with van der Waals surface area (Å²) in [7, 11) is -3.97. The number of aromatic nitrogens is 1. The molecule has 7 heteroatoms. The molecular formula is C15H15ClN2O3S. The Kier molecular flexibility index (Phi) is 4.83. The summed E-state index contributed by atoms with van der Waals surface area (Å²) in [6.45, 7) is 3.76. The first kappa shape index (κ1) is 16.5. The van der Waals surface area contributed by atoms with E-state index in [1.165, 1.54) is 12.3 Å². The summed E-state index contributed by atoms with van der Waals surface area (Å²) in [6, 6.07) is 6.89. The lowest BCUT2D eigenvalue weighted by Crippen LogP contribution is -2.32. The maximum Gasteiger partial charge on any atom is 0.265 e. The van der Waals surface area contributed by atoms with Crippen molar-refractivity contribution in [2.24, 2.45) is 0 Å². The first-order valence-electron chi connectivity index (χ1n) is 6.51. The number of carbonyl (C=O) groups excluding carboxylic acids is 1. The van der Waals surface area contributed by atoms with Crippen molar-refractivity contribution in [3.63, 3.8) is 0 Å². The summed E-state index contributed by atoms with van der Waals surface area (Å²) < 4.78 is 26.3. The van der Waals surface area contributed by atoms with Crippen molar-refractivity contribution >= 4 is 27.5 Å².